The summed E-state index contributed by atoms with van der Waals surface area (Å²) in [6, 6.07) is 67.1. The lowest BCUT2D eigenvalue weighted by Crippen LogP contribution is -2.17. The summed E-state index contributed by atoms with van der Waals surface area (Å²) in [5.41, 5.74) is 17.5. The van der Waals surface area contributed by atoms with Crippen molar-refractivity contribution in [2.75, 3.05) is 4.90 Å². The molecule has 0 unspecified atom stereocenters. The molecule has 0 aromatic heterocycles. The van der Waals surface area contributed by atoms with E-state index in [0.717, 1.165) is 11.4 Å². The first-order valence-corrected chi connectivity index (χ1v) is 18.8. The van der Waals surface area contributed by atoms with Gasteiger partial charge in [0.15, 0.2) is 0 Å². The minimum atomic E-state index is -0.111. The summed E-state index contributed by atoms with van der Waals surface area (Å²) in [7, 11) is 0. The zero-order chi connectivity index (χ0) is 36.1. The molecule has 0 N–H and O–H groups in total. The van der Waals surface area contributed by atoms with Crippen LogP contribution in [0, 0.1) is 0 Å². The van der Waals surface area contributed by atoms with Crippen LogP contribution in [0.3, 0.4) is 0 Å². The molecule has 8 aromatic carbocycles. The first kappa shape index (κ1) is 32.7. The minimum Gasteiger partial charge on any atom is -0.310 e. The monoisotopic (exact) mass is 681 g/mol. The van der Waals surface area contributed by atoms with Crippen LogP contribution >= 0.6 is 0 Å². The van der Waals surface area contributed by atoms with E-state index in [-0.39, 0.29) is 5.41 Å². The van der Waals surface area contributed by atoms with Gasteiger partial charge < -0.3 is 4.90 Å². The fraction of sp³-hybridized carbons (Fsp3) is 0.115. The van der Waals surface area contributed by atoms with Crippen LogP contribution in [0.2, 0.25) is 0 Å². The summed E-state index contributed by atoms with van der Waals surface area (Å²) < 4.78 is 0. The van der Waals surface area contributed by atoms with Gasteiger partial charge in [-0.2, -0.15) is 0 Å². The molecule has 0 heterocycles. The second kappa shape index (κ2) is 13.1. The third kappa shape index (κ3) is 5.74. The number of hydrogen-bond donors (Lipinski definition) is 0. The van der Waals surface area contributed by atoms with Crippen molar-refractivity contribution in [1.82, 2.24) is 0 Å². The molecule has 0 saturated carbocycles. The Morgan fingerprint density at radius 3 is 1.58 bits per heavy atom. The molecule has 0 saturated heterocycles. The molecule has 0 aliphatic heterocycles. The zero-order valence-electron chi connectivity index (χ0n) is 30.8. The Hall–Kier alpha value is -6.18. The number of hydrogen-bond acceptors (Lipinski definition) is 1. The van der Waals surface area contributed by atoms with Crippen molar-refractivity contribution < 1.29 is 0 Å². The Kier molecular flexibility index (Phi) is 8.09. The second-order valence-electron chi connectivity index (χ2n) is 15.2. The standard InChI is InChI=1S/C52H43N/c1-35(2)44-18-10-11-19-45(44)48-32-40-16-8-9-17-41(40)33-51(48)53(43-30-31-47-46-20-12-13-21-49(46)52(3,4)50(47)34-43)42-28-26-39(27-29-42)38-24-22-37(23-25-38)36-14-6-5-7-15-36/h5-35H,1-4H3. The Labute approximate surface area is 313 Å². The van der Waals surface area contributed by atoms with Gasteiger partial charge in [0.2, 0.25) is 0 Å². The molecule has 0 radical (unpaired) electrons. The van der Waals surface area contributed by atoms with E-state index in [2.05, 4.69) is 215 Å². The van der Waals surface area contributed by atoms with Crippen LogP contribution in [-0.4, -0.2) is 0 Å². The number of nitrogens with zero attached hydrogens (tertiary/aromatic N) is 1. The summed E-state index contributed by atoms with van der Waals surface area (Å²) in [5.74, 6) is 0.380. The molecule has 0 atom stereocenters. The zero-order valence-corrected chi connectivity index (χ0v) is 30.8. The van der Waals surface area contributed by atoms with Crippen molar-refractivity contribution in [2.45, 2.75) is 39.0 Å². The largest absolute Gasteiger partial charge is 0.310 e. The maximum Gasteiger partial charge on any atom is 0.0546 e. The highest BCUT2D eigenvalue weighted by atomic mass is 15.1. The van der Waals surface area contributed by atoms with Crippen LogP contribution in [0.1, 0.15) is 50.3 Å². The van der Waals surface area contributed by atoms with E-state index in [1.165, 1.54) is 77.7 Å². The molecule has 256 valence electrons. The molecular weight excluding hydrogens is 639 g/mol. The molecule has 1 aliphatic carbocycles. The van der Waals surface area contributed by atoms with Crippen LogP contribution in [0.25, 0.3) is 55.3 Å². The highest BCUT2D eigenvalue weighted by Crippen LogP contribution is 2.52. The Morgan fingerprint density at radius 1 is 0.396 bits per heavy atom. The second-order valence-corrected chi connectivity index (χ2v) is 15.2. The highest BCUT2D eigenvalue weighted by Gasteiger charge is 2.36. The lowest BCUT2D eigenvalue weighted by atomic mass is 9.82. The van der Waals surface area contributed by atoms with Gasteiger partial charge in [0.05, 0.1) is 5.69 Å². The molecule has 0 amide bonds. The van der Waals surface area contributed by atoms with Crippen LogP contribution in [0.5, 0.6) is 0 Å². The number of anilines is 3. The van der Waals surface area contributed by atoms with E-state index in [9.17, 15) is 0 Å². The third-order valence-electron chi connectivity index (χ3n) is 11.3. The van der Waals surface area contributed by atoms with Gasteiger partial charge in [-0.25, -0.2) is 0 Å². The van der Waals surface area contributed by atoms with Crippen LogP contribution in [0.4, 0.5) is 17.1 Å². The Bertz CT molecular complexity index is 2590. The SMILES string of the molecule is CC(C)c1ccccc1-c1cc2ccccc2cc1N(c1ccc(-c2ccc(-c3ccccc3)cc2)cc1)c1ccc2c(c1)C(C)(C)c1ccccc1-2. The summed E-state index contributed by atoms with van der Waals surface area (Å²) in [5, 5.41) is 2.46. The van der Waals surface area contributed by atoms with Crippen molar-refractivity contribution in [3.05, 3.63) is 199 Å². The van der Waals surface area contributed by atoms with Gasteiger partial charge >= 0.3 is 0 Å². The van der Waals surface area contributed by atoms with Gasteiger partial charge in [-0.1, -0.05) is 173 Å². The fourth-order valence-corrected chi connectivity index (χ4v) is 8.42. The summed E-state index contributed by atoms with van der Waals surface area (Å²) in [6.07, 6.45) is 0. The normalized spacial score (nSPS) is 12.8. The molecule has 9 rings (SSSR count). The summed E-state index contributed by atoms with van der Waals surface area (Å²) >= 11 is 0. The average molecular weight is 682 g/mol. The predicted molar refractivity (Wildman–Crippen MR) is 227 cm³/mol. The van der Waals surface area contributed by atoms with E-state index in [1.54, 1.807) is 0 Å². The highest BCUT2D eigenvalue weighted by molar-refractivity contribution is 5.99. The number of fused-ring (bicyclic) bond motifs is 4. The molecule has 0 bridgehead atoms. The lowest BCUT2D eigenvalue weighted by molar-refractivity contribution is 0.660. The predicted octanol–water partition coefficient (Wildman–Crippen LogP) is 14.7. The molecule has 1 aliphatic rings. The lowest BCUT2D eigenvalue weighted by Gasteiger charge is -2.31. The fourth-order valence-electron chi connectivity index (χ4n) is 8.42. The smallest absolute Gasteiger partial charge is 0.0546 e. The van der Waals surface area contributed by atoms with Gasteiger partial charge in [0.1, 0.15) is 0 Å². The molecule has 53 heavy (non-hydrogen) atoms. The van der Waals surface area contributed by atoms with Crippen LogP contribution in [0.15, 0.2) is 182 Å². The molecule has 0 spiro atoms. The molecular formula is C52H43N. The first-order chi connectivity index (χ1) is 25.9. The van der Waals surface area contributed by atoms with E-state index in [1.807, 2.05) is 0 Å². The van der Waals surface area contributed by atoms with Crippen molar-refractivity contribution in [3.8, 4) is 44.5 Å². The van der Waals surface area contributed by atoms with Gasteiger partial charge in [0.25, 0.3) is 0 Å². The quantitative estimate of drug-likeness (QED) is 0.162. The number of rotatable bonds is 7. The van der Waals surface area contributed by atoms with Crippen molar-refractivity contribution in [2.24, 2.45) is 0 Å². The molecule has 1 heteroatoms. The van der Waals surface area contributed by atoms with Gasteiger partial charge in [0, 0.05) is 22.4 Å². The van der Waals surface area contributed by atoms with Gasteiger partial charge in [-0.05, 0) is 109 Å². The maximum absolute atomic E-state index is 2.49. The van der Waals surface area contributed by atoms with E-state index in [4.69, 9.17) is 0 Å². The van der Waals surface area contributed by atoms with Crippen LogP contribution in [-0.2, 0) is 5.41 Å². The summed E-state index contributed by atoms with van der Waals surface area (Å²) in [4.78, 5) is 2.49. The molecule has 0 fully saturated rings. The van der Waals surface area contributed by atoms with E-state index in [0.29, 0.717) is 5.92 Å². The molecule has 1 nitrogen and oxygen atoms in total. The van der Waals surface area contributed by atoms with Crippen molar-refractivity contribution >= 4 is 27.8 Å². The number of benzene rings is 8. The average Bonchev–Trinajstić information content (AvgIpc) is 3.44. The maximum atomic E-state index is 2.49. The van der Waals surface area contributed by atoms with Crippen molar-refractivity contribution in [3.63, 3.8) is 0 Å². The Morgan fingerprint density at radius 2 is 0.906 bits per heavy atom. The third-order valence-corrected chi connectivity index (χ3v) is 11.3. The summed E-state index contributed by atoms with van der Waals surface area (Å²) in [6.45, 7) is 9.32. The van der Waals surface area contributed by atoms with Crippen LogP contribution < -0.4 is 4.90 Å². The van der Waals surface area contributed by atoms with Gasteiger partial charge in [-0.15, -0.1) is 0 Å². The van der Waals surface area contributed by atoms with Crippen molar-refractivity contribution in [1.29, 1.82) is 0 Å². The Balaban J connectivity index is 1.23. The topological polar surface area (TPSA) is 3.24 Å². The molecule has 8 aromatic rings. The first-order valence-electron chi connectivity index (χ1n) is 18.8. The van der Waals surface area contributed by atoms with E-state index >= 15 is 0 Å². The van der Waals surface area contributed by atoms with E-state index < -0.39 is 0 Å². The van der Waals surface area contributed by atoms with Gasteiger partial charge in [-0.3, -0.25) is 0 Å². The minimum absolute atomic E-state index is 0.111.